The predicted molar refractivity (Wildman–Crippen MR) is 72.9 cm³/mol. The molecule has 0 aliphatic carbocycles. The SMILES string of the molecule is CCc1ccc(C(N)c2ccc(C)c(F)c2F)cc1. The Kier molecular flexibility index (Phi) is 3.96. The molecule has 2 N–H and O–H groups in total. The molecule has 2 aromatic carbocycles. The van der Waals surface area contributed by atoms with E-state index in [1.165, 1.54) is 12.5 Å². The topological polar surface area (TPSA) is 26.0 Å². The van der Waals surface area contributed by atoms with Gasteiger partial charge in [-0.05, 0) is 30.0 Å². The van der Waals surface area contributed by atoms with Gasteiger partial charge in [0.25, 0.3) is 0 Å². The average molecular weight is 261 g/mol. The zero-order valence-corrected chi connectivity index (χ0v) is 11.1. The Morgan fingerprint density at radius 1 is 1.00 bits per heavy atom. The number of rotatable bonds is 3. The van der Waals surface area contributed by atoms with E-state index in [0.717, 1.165) is 12.0 Å². The van der Waals surface area contributed by atoms with Gasteiger partial charge < -0.3 is 5.73 Å². The molecule has 0 fully saturated rings. The lowest BCUT2D eigenvalue weighted by Crippen LogP contribution is -2.14. The van der Waals surface area contributed by atoms with E-state index in [1.54, 1.807) is 12.1 Å². The molecule has 1 atom stereocenters. The molecule has 0 spiro atoms. The Labute approximate surface area is 112 Å². The van der Waals surface area contributed by atoms with Gasteiger partial charge in [0.1, 0.15) is 0 Å². The maximum absolute atomic E-state index is 13.9. The van der Waals surface area contributed by atoms with Crippen molar-refractivity contribution in [2.75, 3.05) is 0 Å². The molecule has 0 saturated carbocycles. The van der Waals surface area contributed by atoms with E-state index >= 15 is 0 Å². The minimum Gasteiger partial charge on any atom is -0.320 e. The first-order valence-corrected chi connectivity index (χ1v) is 6.33. The van der Waals surface area contributed by atoms with Gasteiger partial charge in [-0.1, -0.05) is 43.3 Å². The Morgan fingerprint density at radius 2 is 1.63 bits per heavy atom. The highest BCUT2D eigenvalue weighted by molar-refractivity contribution is 5.36. The minimum absolute atomic E-state index is 0.187. The van der Waals surface area contributed by atoms with E-state index in [9.17, 15) is 8.78 Å². The zero-order chi connectivity index (χ0) is 14.0. The Morgan fingerprint density at radius 3 is 2.21 bits per heavy atom. The second kappa shape index (κ2) is 5.49. The van der Waals surface area contributed by atoms with Crippen molar-refractivity contribution in [2.45, 2.75) is 26.3 Å². The highest BCUT2D eigenvalue weighted by atomic mass is 19.2. The van der Waals surface area contributed by atoms with Crippen molar-refractivity contribution < 1.29 is 8.78 Å². The molecule has 0 aliphatic heterocycles. The summed E-state index contributed by atoms with van der Waals surface area (Å²) in [4.78, 5) is 0. The summed E-state index contributed by atoms with van der Waals surface area (Å²) in [5.74, 6) is -1.68. The minimum atomic E-state index is -0.855. The maximum atomic E-state index is 13.9. The van der Waals surface area contributed by atoms with Gasteiger partial charge >= 0.3 is 0 Å². The van der Waals surface area contributed by atoms with Crippen LogP contribution in [0.3, 0.4) is 0 Å². The van der Waals surface area contributed by atoms with Crippen molar-refractivity contribution in [1.82, 2.24) is 0 Å². The summed E-state index contributed by atoms with van der Waals surface area (Å²) in [7, 11) is 0. The van der Waals surface area contributed by atoms with Gasteiger partial charge in [0, 0.05) is 5.56 Å². The Hall–Kier alpha value is -1.74. The van der Waals surface area contributed by atoms with Crippen LogP contribution in [0.1, 0.15) is 35.2 Å². The number of hydrogen-bond donors (Lipinski definition) is 1. The second-order valence-electron chi connectivity index (χ2n) is 4.67. The summed E-state index contributed by atoms with van der Waals surface area (Å²) in [6.07, 6.45) is 0.934. The molecule has 0 bridgehead atoms. The van der Waals surface area contributed by atoms with E-state index < -0.39 is 17.7 Å². The molecule has 2 rings (SSSR count). The first kappa shape index (κ1) is 13.7. The van der Waals surface area contributed by atoms with Gasteiger partial charge in [-0.2, -0.15) is 0 Å². The second-order valence-corrected chi connectivity index (χ2v) is 4.67. The van der Waals surface area contributed by atoms with E-state index in [1.807, 2.05) is 24.3 Å². The number of aryl methyl sites for hydroxylation is 2. The third kappa shape index (κ3) is 2.66. The van der Waals surface area contributed by atoms with Crippen LogP contribution in [0.2, 0.25) is 0 Å². The largest absolute Gasteiger partial charge is 0.320 e. The number of benzene rings is 2. The first-order valence-electron chi connectivity index (χ1n) is 6.33. The molecule has 2 aromatic rings. The van der Waals surface area contributed by atoms with Crippen LogP contribution in [0.4, 0.5) is 8.78 Å². The number of halogens is 2. The highest BCUT2D eigenvalue weighted by Crippen LogP contribution is 2.25. The first-order chi connectivity index (χ1) is 9.04. The molecule has 19 heavy (non-hydrogen) atoms. The number of nitrogens with two attached hydrogens (primary N) is 1. The van der Waals surface area contributed by atoms with Gasteiger partial charge in [0.2, 0.25) is 0 Å². The van der Waals surface area contributed by atoms with Crippen LogP contribution in [0.5, 0.6) is 0 Å². The molecule has 100 valence electrons. The number of hydrogen-bond acceptors (Lipinski definition) is 1. The quantitative estimate of drug-likeness (QED) is 0.891. The molecular weight excluding hydrogens is 244 g/mol. The van der Waals surface area contributed by atoms with Crippen molar-refractivity contribution in [2.24, 2.45) is 5.73 Å². The lowest BCUT2D eigenvalue weighted by molar-refractivity contribution is 0.489. The summed E-state index contributed by atoms with van der Waals surface area (Å²) in [6.45, 7) is 3.59. The van der Waals surface area contributed by atoms with Gasteiger partial charge in [-0.15, -0.1) is 0 Å². The van der Waals surface area contributed by atoms with Gasteiger partial charge in [0.15, 0.2) is 11.6 Å². The third-order valence-corrected chi connectivity index (χ3v) is 3.39. The molecule has 0 saturated heterocycles. The van der Waals surface area contributed by atoms with E-state index in [-0.39, 0.29) is 11.1 Å². The molecule has 1 nitrogen and oxygen atoms in total. The summed E-state index contributed by atoms with van der Waals surface area (Å²) in [5, 5.41) is 0. The highest BCUT2D eigenvalue weighted by Gasteiger charge is 2.17. The summed E-state index contributed by atoms with van der Waals surface area (Å²) in [6, 6.07) is 10.1. The van der Waals surface area contributed by atoms with E-state index in [4.69, 9.17) is 5.73 Å². The van der Waals surface area contributed by atoms with Crippen LogP contribution in [0.25, 0.3) is 0 Å². The fraction of sp³-hybridized carbons (Fsp3) is 0.250. The molecule has 0 amide bonds. The standard InChI is InChI=1S/C16H17F2N/c1-3-11-5-7-12(8-6-11)16(19)13-9-4-10(2)14(17)15(13)18/h4-9,16H,3,19H2,1-2H3. The van der Waals surface area contributed by atoms with Crippen molar-refractivity contribution >= 4 is 0 Å². The van der Waals surface area contributed by atoms with E-state index in [2.05, 4.69) is 6.92 Å². The predicted octanol–water partition coefficient (Wildman–Crippen LogP) is 3.88. The summed E-state index contributed by atoms with van der Waals surface area (Å²) >= 11 is 0. The van der Waals surface area contributed by atoms with Gasteiger partial charge in [-0.3, -0.25) is 0 Å². The van der Waals surface area contributed by atoms with Crippen LogP contribution in [0.15, 0.2) is 36.4 Å². The molecule has 0 aliphatic rings. The maximum Gasteiger partial charge on any atom is 0.164 e. The van der Waals surface area contributed by atoms with Crippen LogP contribution < -0.4 is 5.73 Å². The van der Waals surface area contributed by atoms with Crippen LogP contribution in [-0.2, 0) is 6.42 Å². The molecule has 0 heterocycles. The molecule has 0 radical (unpaired) electrons. The molecule has 0 aromatic heterocycles. The van der Waals surface area contributed by atoms with Crippen LogP contribution in [-0.4, -0.2) is 0 Å². The van der Waals surface area contributed by atoms with Crippen molar-refractivity contribution in [3.63, 3.8) is 0 Å². The van der Waals surface area contributed by atoms with Crippen molar-refractivity contribution in [3.05, 3.63) is 70.3 Å². The third-order valence-electron chi connectivity index (χ3n) is 3.39. The van der Waals surface area contributed by atoms with Gasteiger partial charge in [-0.25, -0.2) is 8.78 Å². The Bertz CT molecular complexity index is 576. The van der Waals surface area contributed by atoms with Crippen LogP contribution in [0, 0.1) is 18.6 Å². The Balaban J connectivity index is 2.38. The van der Waals surface area contributed by atoms with Crippen molar-refractivity contribution in [3.8, 4) is 0 Å². The summed E-state index contributed by atoms with van der Waals surface area (Å²) in [5.41, 5.74) is 8.46. The molecular formula is C16H17F2N. The zero-order valence-electron chi connectivity index (χ0n) is 11.1. The molecule has 3 heteroatoms. The van der Waals surface area contributed by atoms with Gasteiger partial charge in [0.05, 0.1) is 6.04 Å². The van der Waals surface area contributed by atoms with Crippen LogP contribution >= 0.6 is 0 Å². The molecule has 1 unspecified atom stereocenters. The fourth-order valence-electron chi connectivity index (χ4n) is 2.04. The normalized spacial score (nSPS) is 12.5. The lowest BCUT2D eigenvalue weighted by Gasteiger charge is -2.15. The lowest BCUT2D eigenvalue weighted by atomic mass is 9.96. The summed E-state index contributed by atoms with van der Waals surface area (Å²) < 4.78 is 27.4. The van der Waals surface area contributed by atoms with E-state index in [0.29, 0.717) is 0 Å². The monoisotopic (exact) mass is 261 g/mol. The fourth-order valence-corrected chi connectivity index (χ4v) is 2.04. The van der Waals surface area contributed by atoms with Crippen molar-refractivity contribution in [1.29, 1.82) is 0 Å². The smallest absolute Gasteiger partial charge is 0.164 e. The average Bonchev–Trinajstić information content (AvgIpc) is 2.44.